The maximum absolute atomic E-state index is 13.0. The zero-order valence-electron chi connectivity index (χ0n) is 10.8. The highest BCUT2D eigenvalue weighted by Gasteiger charge is 2.15. The molecule has 0 heterocycles. The predicted molar refractivity (Wildman–Crippen MR) is 67.6 cm³/mol. The summed E-state index contributed by atoms with van der Waals surface area (Å²) in [4.78, 5) is 22.6. The SMILES string of the molecule is COCC(C)CC(=O)Nc1ccc(F)cc1C(=O)O. The number of anilines is 1. The smallest absolute Gasteiger partial charge is 0.337 e. The molecule has 1 rings (SSSR count). The quantitative estimate of drug-likeness (QED) is 0.829. The first-order chi connectivity index (χ1) is 8.93. The molecular formula is C13H16FNO4. The number of carboxylic acids is 1. The fourth-order valence-electron chi connectivity index (χ4n) is 1.66. The fourth-order valence-corrected chi connectivity index (χ4v) is 1.66. The van der Waals surface area contributed by atoms with Gasteiger partial charge in [-0.2, -0.15) is 0 Å². The molecule has 1 atom stereocenters. The van der Waals surface area contributed by atoms with Crippen LogP contribution in [0, 0.1) is 11.7 Å². The molecule has 1 aromatic rings. The van der Waals surface area contributed by atoms with E-state index in [2.05, 4.69) is 5.32 Å². The molecule has 104 valence electrons. The van der Waals surface area contributed by atoms with Crippen LogP contribution in [0.1, 0.15) is 23.7 Å². The van der Waals surface area contributed by atoms with Gasteiger partial charge in [0, 0.05) is 20.1 Å². The van der Waals surface area contributed by atoms with Gasteiger partial charge in [0.25, 0.3) is 0 Å². The fraction of sp³-hybridized carbons (Fsp3) is 0.385. The summed E-state index contributed by atoms with van der Waals surface area (Å²) in [6, 6.07) is 3.20. The van der Waals surface area contributed by atoms with Crippen molar-refractivity contribution in [1.29, 1.82) is 0 Å². The van der Waals surface area contributed by atoms with E-state index in [1.54, 1.807) is 0 Å². The molecule has 0 aliphatic heterocycles. The Labute approximate surface area is 110 Å². The first kappa shape index (κ1) is 15.1. The predicted octanol–water partition coefficient (Wildman–Crippen LogP) is 2.14. The molecule has 0 saturated carbocycles. The molecular weight excluding hydrogens is 253 g/mol. The van der Waals surface area contributed by atoms with E-state index >= 15 is 0 Å². The Morgan fingerprint density at radius 2 is 2.16 bits per heavy atom. The van der Waals surface area contributed by atoms with Gasteiger partial charge in [-0.1, -0.05) is 6.92 Å². The van der Waals surface area contributed by atoms with Crippen molar-refractivity contribution in [3.05, 3.63) is 29.6 Å². The lowest BCUT2D eigenvalue weighted by Crippen LogP contribution is -2.19. The van der Waals surface area contributed by atoms with Gasteiger partial charge in [0.2, 0.25) is 5.91 Å². The van der Waals surface area contributed by atoms with Crippen molar-refractivity contribution in [3.63, 3.8) is 0 Å². The van der Waals surface area contributed by atoms with Crippen molar-refractivity contribution in [1.82, 2.24) is 0 Å². The van der Waals surface area contributed by atoms with E-state index in [0.29, 0.717) is 6.61 Å². The number of aromatic carboxylic acids is 1. The molecule has 0 spiro atoms. The summed E-state index contributed by atoms with van der Waals surface area (Å²) in [7, 11) is 1.54. The van der Waals surface area contributed by atoms with Crippen LogP contribution in [0.5, 0.6) is 0 Å². The molecule has 1 unspecified atom stereocenters. The summed E-state index contributed by atoms with van der Waals surface area (Å²) < 4.78 is 17.9. The second-order valence-corrected chi connectivity index (χ2v) is 4.31. The average Bonchev–Trinajstić information content (AvgIpc) is 2.31. The van der Waals surface area contributed by atoms with Gasteiger partial charge < -0.3 is 15.2 Å². The van der Waals surface area contributed by atoms with Crippen LogP contribution in [0.2, 0.25) is 0 Å². The highest BCUT2D eigenvalue weighted by atomic mass is 19.1. The molecule has 0 aliphatic carbocycles. The number of methoxy groups -OCH3 is 1. The van der Waals surface area contributed by atoms with Crippen molar-refractivity contribution in [2.45, 2.75) is 13.3 Å². The van der Waals surface area contributed by atoms with E-state index in [0.717, 1.165) is 12.1 Å². The molecule has 0 aromatic heterocycles. The number of carbonyl (C=O) groups excluding carboxylic acids is 1. The van der Waals surface area contributed by atoms with Crippen LogP contribution in [0.4, 0.5) is 10.1 Å². The average molecular weight is 269 g/mol. The Kier molecular flexibility index (Phi) is 5.44. The number of hydrogen-bond donors (Lipinski definition) is 2. The van der Waals surface area contributed by atoms with Gasteiger partial charge >= 0.3 is 5.97 Å². The third-order valence-corrected chi connectivity index (χ3v) is 2.47. The Morgan fingerprint density at radius 3 is 2.74 bits per heavy atom. The van der Waals surface area contributed by atoms with Crippen LogP contribution in [0.25, 0.3) is 0 Å². The minimum atomic E-state index is -1.29. The molecule has 0 radical (unpaired) electrons. The third-order valence-electron chi connectivity index (χ3n) is 2.47. The maximum Gasteiger partial charge on any atom is 0.337 e. The second kappa shape index (κ2) is 6.84. The van der Waals surface area contributed by atoms with E-state index in [9.17, 15) is 14.0 Å². The molecule has 0 bridgehead atoms. The van der Waals surface area contributed by atoms with Crippen LogP contribution in [-0.4, -0.2) is 30.7 Å². The van der Waals surface area contributed by atoms with Crippen LogP contribution in [0.3, 0.4) is 0 Å². The summed E-state index contributed by atoms with van der Waals surface area (Å²) in [5.41, 5.74) is -0.184. The zero-order chi connectivity index (χ0) is 14.4. The lowest BCUT2D eigenvalue weighted by molar-refractivity contribution is -0.117. The van der Waals surface area contributed by atoms with Gasteiger partial charge in [-0.15, -0.1) is 0 Å². The number of halogens is 1. The largest absolute Gasteiger partial charge is 0.478 e. The van der Waals surface area contributed by atoms with E-state index in [1.807, 2.05) is 6.92 Å². The van der Waals surface area contributed by atoms with Gasteiger partial charge in [0.1, 0.15) is 5.82 Å². The molecule has 0 aliphatic rings. The molecule has 5 nitrogen and oxygen atoms in total. The van der Waals surface area contributed by atoms with Crippen molar-refractivity contribution in [2.75, 3.05) is 19.0 Å². The molecule has 0 fully saturated rings. The van der Waals surface area contributed by atoms with Gasteiger partial charge in [0.15, 0.2) is 0 Å². The molecule has 2 N–H and O–H groups in total. The highest BCUT2D eigenvalue weighted by molar-refractivity contribution is 6.00. The number of hydrogen-bond acceptors (Lipinski definition) is 3. The van der Waals surface area contributed by atoms with Gasteiger partial charge in [-0.3, -0.25) is 4.79 Å². The molecule has 6 heteroatoms. The minimum Gasteiger partial charge on any atom is -0.478 e. The molecule has 19 heavy (non-hydrogen) atoms. The number of benzene rings is 1. The van der Waals surface area contributed by atoms with Crippen LogP contribution >= 0.6 is 0 Å². The van der Waals surface area contributed by atoms with E-state index in [4.69, 9.17) is 9.84 Å². The van der Waals surface area contributed by atoms with Crippen molar-refractivity contribution < 1.29 is 23.8 Å². The van der Waals surface area contributed by atoms with E-state index < -0.39 is 11.8 Å². The van der Waals surface area contributed by atoms with Gasteiger partial charge in [-0.25, -0.2) is 9.18 Å². The highest BCUT2D eigenvalue weighted by Crippen LogP contribution is 2.18. The number of ether oxygens (including phenoxy) is 1. The standard InChI is InChI=1S/C13H16FNO4/c1-8(7-19-2)5-12(16)15-11-4-3-9(14)6-10(11)13(17)18/h3-4,6,8H,5,7H2,1-2H3,(H,15,16)(H,17,18). The zero-order valence-corrected chi connectivity index (χ0v) is 10.8. The first-order valence-corrected chi connectivity index (χ1v) is 5.75. The van der Waals surface area contributed by atoms with Crippen LogP contribution < -0.4 is 5.32 Å². The van der Waals surface area contributed by atoms with Crippen LogP contribution in [-0.2, 0) is 9.53 Å². The number of rotatable bonds is 6. The Bertz CT molecular complexity index is 476. The third kappa shape index (κ3) is 4.67. The Balaban J connectivity index is 2.76. The number of nitrogens with one attached hydrogen (secondary N) is 1. The maximum atomic E-state index is 13.0. The van der Waals surface area contributed by atoms with Crippen LogP contribution in [0.15, 0.2) is 18.2 Å². The normalized spacial score (nSPS) is 11.9. The summed E-state index contributed by atoms with van der Waals surface area (Å²) in [6.07, 6.45) is 0.199. The van der Waals surface area contributed by atoms with Gasteiger partial charge in [-0.05, 0) is 24.1 Å². The van der Waals surface area contributed by atoms with Crippen molar-refractivity contribution in [2.24, 2.45) is 5.92 Å². The number of carbonyl (C=O) groups is 2. The minimum absolute atomic E-state index is 0.0127. The van der Waals surface area contributed by atoms with Crippen molar-refractivity contribution in [3.8, 4) is 0 Å². The summed E-state index contributed by atoms with van der Waals surface area (Å²) >= 11 is 0. The lowest BCUT2D eigenvalue weighted by atomic mass is 10.1. The number of amides is 1. The molecule has 0 saturated heterocycles. The molecule has 1 amide bonds. The second-order valence-electron chi connectivity index (χ2n) is 4.31. The van der Waals surface area contributed by atoms with Gasteiger partial charge in [0.05, 0.1) is 11.3 Å². The summed E-state index contributed by atoms with van der Waals surface area (Å²) in [6.45, 7) is 2.27. The monoisotopic (exact) mass is 269 g/mol. The van der Waals surface area contributed by atoms with Crippen molar-refractivity contribution >= 4 is 17.6 Å². The molecule has 1 aromatic carbocycles. The topological polar surface area (TPSA) is 75.6 Å². The summed E-state index contributed by atoms with van der Waals surface area (Å²) in [5, 5.41) is 11.4. The lowest BCUT2D eigenvalue weighted by Gasteiger charge is -2.12. The summed E-state index contributed by atoms with van der Waals surface area (Å²) in [5.74, 6) is -2.28. The first-order valence-electron chi connectivity index (χ1n) is 5.75. The Hall–Kier alpha value is -1.95. The van der Waals surface area contributed by atoms with E-state index in [-0.39, 0.29) is 29.5 Å². The Morgan fingerprint density at radius 1 is 1.47 bits per heavy atom. The van der Waals surface area contributed by atoms with E-state index in [1.165, 1.54) is 13.2 Å². The number of carboxylic acid groups (broad SMARTS) is 1.